The van der Waals surface area contributed by atoms with Gasteiger partial charge in [-0.25, -0.2) is 4.39 Å². The van der Waals surface area contributed by atoms with Gasteiger partial charge in [-0.3, -0.25) is 0 Å². The number of nitrogen functional groups attached to an aromatic ring is 1. The lowest BCUT2D eigenvalue weighted by Gasteiger charge is -2.10. The summed E-state index contributed by atoms with van der Waals surface area (Å²) in [5, 5.41) is 3.17. The van der Waals surface area contributed by atoms with E-state index in [2.05, 4.69) is 21.2 Å². The lowest BCUT2D eigenvalue weighted by molar-refractivity contribution is 0.627. The Morgan fingerprint density at radius 3 is 2.59 bits per heavy atom. The van der Waals surface area contributed by atoms with E-state index < -0.39 is 0 Å². The predicted octanol–water partition coefficient (Wildman–Crippen LogP) is 4.22. The number of aryl methyl sites for hydroxylation is 1. The molecule has 4 heteroatoms. The van der Waals surface area contributed by atoms with Crippen molar-refractivity contribution in [1.82, 2.24) is 0 Å². The Morgan fingerprint density at radius 1 is 1.18 bits per heavy atom. The lowest BCUT2D eigenvalue weighted by atomic mass is 10.2. The normalized spacial score (nSPS) is 10.3. The first-order valence-electron chi connectivity index (χ1n) is 5.14. The second-order valence-corrected chi connectivity index (χ2v) is 4.67. The van der Waals surface area contributed by atoms with Gasteiger partial charge in [0.1, 0.15) is 5.82 Å². The van der Waals surface area contributed by atoms with E-state index >= 15 is 0 Å². The third-order valence-corrected chi connectivity index (χ3v) is 3.15. The van der Waals surface area contributed by atoms with Crippen LogP contribution < -0.4 is 11.1 Å². The minimum Gasteiger partial charge on any atom is -0.398 e. The molecule has 0 saturated heterocycles. The molecule has 0 fully saturated rings. The van der Waals surface area contributed by atoms with Crippen LogP contribution in [0, 0.1) is 12.7 Å². The Bertz CT molecular complexity index is 555. The highest BCUT2D eigenvalue weighted by atomic mass is 79.9. The zero-order valence-corrected chi connectivity index (χ0v) is 10.9. The molecule has 0 aliphatic rings. The topological polar surface area (TPSA) is 38.0 Å². The predicted molar refractivity (Wildman–Crippen MR) is 73.0 cm³/mol. The number of nitrogens with one attached hydrogen (secondary N) is 1. The summed E-state index contributed by atoms with van der Waals surface area (Å²) in [5.74, 6) is -0.272. The molecular weight excluding hydrogens is 283 g/mol. The van der Waals surface area contributed by atoms with Gasteiger partial charge >= 0.3 is 0 Å². The maximum Gasteiger partial charge on any atom is 0.124 e. The number of nitrogens with two attached hydrogens (primary N) is 1. The Kier molecular flexibility index (Phi) is 3.33. The molecule has 88 valence electrons. The van der Waals surface area contributed by atoms with Crippen LogP contribution in [0.2, 0.25) is 0 Å². The van der Waals surface area contributed by atoms with Crippen molar-refractivity contribution in [3.63, 3.8) is 0 Å². The summed E-state index contributed by atoms with van der Waals surface area (Å²) < 4.78 is 13.6. The van der Waals surface area contributed by atoms with Crippen LogP contribution in [0.3, 0.4) is 0 Å². The number of rotatable bonds is 2. The van der Waals surface area contributed by atoms with Gasteiger partial charge in [0.15, 0.2) is 0 Å². The molecule has 0 unspecified atom stereocenters. The van der Waals surface area contributed by atoms with Gasteiger partial charge < -0.3 is 11.1 Å². The molecule has 0 aliphatic heterocycles. The minimum atomic E-state index is -0.272. The number of anilines is 3. The molecule has 0 aliphatic carbocycles. The molecule has 0 aromatic heterocycles. The molecule has 2 rings (SSSR count). The lowest BCUT2D eigenvalue weighted by Crippen LogP contribution is -1.95. The van der Waals surface area contributed by atoms with Crippen LogP contribution >= 0.6 is 15.9 Å². The summed E-state index contributed by atoms with van der Waals surface area (Å²) in [6.07, 6.45) is 0. The van der Waals surface area contributed by atoms with Gasteiger partial charge in [-0.1, -0.05) is 6.07 Å². The second kappa shape index (κ2) is 4.75. The average molecular weight is 295 g/mol. The van der Waals surface area contributed by atoms with E-state index in [1.807, 2.05) is 25.1 Å². The van der Waals surface area contributed by atoms with E-state index in [1.165, 1.54) is 12.1 Å². The van der Waals surface area contributed by atoms with Gasteiger partial charge in [0.05, 0.1) is 5.69 Å². The van der Waals surface area contributed by atoms with Crippen LogP contribution in [-0.4, -0.2) is 0 Å². The first kappa shape index (κ1) is 11.9. The number of hydrogen-bond acceptors (Lipinski definition) is 2. The molecule has 0 heterocycles. The van der Waals surface area contributed by atoms with Crippen LogP contribution in [0.25, 0.3) is 0 Å². The van der Waals surface area contributed by atoms with Crippen molar-refractivity contribution in [2.45, 2.75) is 6.92 Å². The summed E-state index contributed by atoms with van der Waals surface area (Å²) in [7, 11) is 0. The van der Waals surface area contributed by atoms with E-state index in [4.69, 9.17) is 5.73 Å². The molecule has 0 radical (unpaired) electrons. The van der Waals surface area contributed by atoms with E-state index in [-0.39, 0.29) is 5.82 Å². The number of hydrogen-bond donors (Lipinski definition) is 2. The van der Waals surface area contributed by atoms with Crippen LogP contribution in [0.15, 0.2) is 40.9 Å². The molecule has 2 nitrogen and oxygen atoms in total. The molecule has 0 saturated carbocycles. The summed E-state index contributed by atoms with van der Waals surface area (Å²) in [5.41, 5.74) is 9.27. The SMILES string of the molecule is Cc1ccc(Nc2ccc(F)cc2Br)cc1N. The third kappa shape index (κ3) is 2.77. The molecule has 0 spiro atoms. The molecule has 2 aromatic carbocycles. The molecule has 17 heavy (non-hydrogen) atoms. The Hall–Kier alpha value is -1.55. The zero-order valence-electron chi connectivity index (χ0n) is 9.30. The van der Waals surface area contributed by atoms with E-state index in [0.29, 0.717) is 4.47 Å². The molecule has 0 amide bonds. The van der Waals surface area contributed by atoms with E-state index in [9.17, 15) is 4.39 Å². The summed E-state index contributed by atoms with van der Waals surface area (Å²) >= 11 is 3.30. The van der Waals surface area contributed by atoms with E-state index in [0.717, 1.165) is 22.6 Å². The van der Waals surface area contributed by atoms with Crippen molar-refractivity contribution in [2.75, 3.05) is 11.1 Å². The van der Waals surface area contributed by atoms with E-state index in [1.54, 1.807) is 6.07 Å². The first-order chi connectivity index (χ1) is 8.06. The van der Waals surface area contributed by atoms with Gasteiger partial charge in [-0.15, -0.1) is 0 Å². The highest BCUT2D eigenvalue weighted by molar-refractivity contribution is 9.10. The summed E-state index contributed by atoms with van der Waals surface area (Å²) in [6.45, 7) is 1.95. The van der Waals surface area contributed by atoms with Crippen LogP contribution in [-0.2, 0) is 0 Å². The van der Waals surface area contributed by atoms with Gasteiger partial charge in [0.2, 0.25) is 0 Å². The summed E-state index contributed by atoms with van der Waals surface area (Å²) in [4.78, 5) is 0. The second-order valence-electron chi connectivity index (χ2n) is 3.82. The third-order valence-electron chi connectivity index (χ3n) is 2.49. The number of benzene rings is 2. The fourth-order valence-electron chi connectivity index (χ4n) is 1.46. The van der Waals surface area contributed by atoms with Gasteiger partial charge in [-0.2, -0.15) is 0 Å². The molecule has 3 N–H and O–H groups in total. The van der Waals surface area contributed by atoms with Crippen molar-refractivity contribution < 1.29 is 4.39 Å². The Balaban J connectivity index is 2.28. The molecule has 2 aromatic rings. The molecular formula is C13H12BrFN2. The smallest absolute Gasteiger partial charge is 0.124 e. The van der Waals surface area contributed by atoms with Crippen LogP contribution in [0.1, 0.15) is 5.56 Å². The van der Waals surface area contributed by atoms with Gasteiger partial charge in [0.25, 0.3) is 0 Å². The minimum absolute atomic E-state index is 0.272. The Morgan fingerprint density at radius 2 is 1.94 bits per heavy atom. The standard InChI is InChI=1S/C13H12BrFN2/c1-8-2-4-10(7-12(8)16)17-13-5-3-9(15)6-11(13)14/h2-7,17H,16H2,1H3. The maximum atomic E-state index is 12.9. The van der Waals surface area contributed by atoms with Crippen LogP contribution in [0.5, 0.6) is 0 Å². The zero-order chi connectivity index (χ0) is 12.4. The summed E-state index contributed by atoms with van der Waals surface area (Å²) in [6, 6.07) is 10.2. The number of halogens is 2. The largest absolute Gasteiger partial charge is 0.398 e. The molecule has 0 bridgehead atoms. The van der Waals surface area contributed by atoms with Crippen molar-refractivity contribution in [1.29, 1.82) is 0 Å². The fraction of sp³-hybridized carbons (Fsp3) is 0.0769. The first-order valence-corrected chi connectivity index (χ1v) is 5.94. The van der Waals surface area contributed by atoms with Crippen molar-refractivity contribution in [3.8, 4) is 0 Å². The average Bonchev–Trinajstić information content (AvgIpc) is 2.27. The highest BCUT2D eigenvalue weighted by Crippen LogP contribution is 2.27. The van der Waals surface area contributed by atoms with Crippen molar-refractivity contribution in [2.24, 2.45) is 0 Å². The van der Waals surface area contributed by atoms with Gasteiger partial charge in [-0.05, 0) is 58.7 Å². The maximum absolute atomic E-state index is 12.9. The van der Waals surface area contributed by atoms with Crippen molar-refractivity contribution >= 4 is 33.0 Å². The fourth-order valence-corrected chi connectivity index (χ4v) is 1.91. The van der Waals surface area contributed by atoms with Crippen LogP contribution in [0.4, 0.5) is 21.5 Å². The quantitative estimate of drug-likeness (QED) is 0.814. The molecule has 0 atom stereocenters. The monoisotopic (exact) mass is 294 g/mol. The van der Waals surface area contributed by atoms with Gasteiger partial charge in [0, 0.05) is 15.8 Å². The Labute approximate surface area is 108 Å². The highest BCUT2D eigenvalue weighted by Gasteiger charge is 2.03. The van der Waals surface area contributed by atoms with Crippen molar-refractivity contribution in [3.05, 3.63) is 52.3 Å².